The number of hydrogen-bond acceptors (Lipinski definition) is 2. The molecule has 20 heavy (non-hydrogen) atoms. The Morgan fingerprint density at radius 3 is 2.10 bits per heavy atom. The molecule has 1 amide bonds. The highest BCUT2D eigenvalue weighted by Crippen LogP contribution is 2.23. The largest absolute Gasteiger partial charge is 0.401 e. The molecule has 0 saturated carbocycles. The van der Waals surface area contributed by atoms with Crippen LogP contribution >= 0.6 is 0 Å². The first-order valence-electron chi connectivity index (χ1n) is 6.26. The number of anilines is 1. The van der Waals surface area contributed by atoms with Gasteiger partial charge < -0.3 is 10.6 Å². The van der Waals surface area contributed by atoms with Crippen molar-refractivity contribution in [3.05, 3.63) is 29.8 Å². The monoisotopic (exact) mass is 288 g/mol. The van der Waals surface area contributed by atoms with Gasteiger partial charge in [0.2, 0.25) is 5.91 Å². The van der Waals surface area contributed by atoms with Gasteiger partial charge in [0.05, 0.1) is 13.1 Å². The van der Waals surface area contributed by atoms with Crippen LogP contribution in [0, 0.1) is 0 Å². The molecular formula is C14H19F3N2O. The van der Waals surface area contributed by atoms with Gasteiger partial charge in [0.1, 0.15) is 0 Å². The summed E-state index contributed by atoms with van der Waals surface area (Å²) in [7, 11) is 0. The Hall–Kier alpha value is -1.56. The summed E-state index contributed by atoms with van der Waals surface area (Å²) in [5, 5.41) is 4.58. The van der Waals surface area contributed by atoms with Crippen LogP contribution in [0.3, 0.4) is 0 Å². The van der Waals surface area contributed by atoms with E-state index in [9.17, 15) is 18.0 Å². The smallest absolute Gasteiger partial charge is 0.325 e. The molecule has 0 atom stereocenters. The molecule has 0 radical (unpaired) electrons. The number of halogens is 3. The molecule has 0 unspecified atom stereocenters. The Balaban J connectivity index is 2.47. The average Bonchev–Trinajstić information content (AvgIpc) is 2.26. The van der Waals surface area contributed by atoms with Crippen LogP contribution in [0.1, 0.15) is 26.3 Å². The standard InChI is InChI=1S/C14H19F3N2O/c1-13(2,3)10-4-6-11(7-5-10)19-12(20)8-18-9-14(15,16)17/h4-7,18H,8-9H2,1-3H3,(H,19,20). The second-order valence-electron chi connectivity index (χ2n) is 5.59. The van der Waals surface area contributed by atoms with E-state index in [2.05, 4.69) is 26.1 Å². The topological polar surface area (TPSA) is 41.1 Å². The summed E-state index contributed by atoms with van der Waals surface area (Å²) in [5.41, 5.74) is 1.69. The van der Waals surface area contributed by atoms with Crippen molar-refractivity contribution in [1.82, 2.24) is 5.32 Å². The Bertz CT molecular complexity index is 447. The Labute approximate surface area is 116 Å². The molecule has 0 aromatic heterocycles. The third kappa shape index (κ3) is 6.06. The maximum absolute atomic E-state index is 11.9. The molecule has 0 bridgehead atoms. The minimum absolute atomic E-state index is 0.0107. The lowest BCUT2D eigenvalue weighted by molar-refractivity contribution is -0.126. The second kappa shape index (κ2) is 6.26. The summed E-state index contributed by atoms with van der Waals surface area (Å²) < 4.78 is 35.7. The van der Waals surface area contributed by atoms with Crippen molar-refractivity contribution >= 4 is 11.6 Å². The quantitative estimate of drug-likeness (QED) is 0.894. The first kappa shape index (κ1) is 16.5. The number of carbonyl (C=O) groups is 1. The molecule has 0 heterocycles. The number of nitrogens with one attached hydrogen (secondary N) is 2. The zero-order valence-electron chi connectivity index (χ0n) is 11.8. The van der Waals surface area contributed by atoms with E-state index in [4.69, 9.17) is 0 Å². The number of benzene rings is 1. The fourth-order valence-corrected chi connectivity index (χ4v) is 1.58. The van der Waals surface area contributed by atoms with Crippen LogP contribution in [-0.2, 0) is 10.2 Å². The van der Waals surface area contributed by atoms with Gasteiger partial charge in [-0.2, -0.15) is 13.2 Å². The maximum Gasteiger partial charge on any atom is 0.401 e. The number of hydrogen-bond donors (Lipinski definition) is 2. The summed E-state index contributed by atoms with van der Waals surface area (Å²) in [6.07, 6.45) is -4.31. The Kier molecular flexibility index (Phi) is 5.16. The van der Waals surface area contributed by atoms with Crippen molar-refractivity contribution in [2.45, 2.75) is 32.4 Å². The second-order valence-corrected chi connectivity index (χ2v) is 5.59. The maximum atomic E-state index is 11.9. The van der Waals surface area contributed by atoms with Crippen LogP contribution in [0.5, 0.6) is 0 Å². The third-order valence-corrected chi connectivity index (χ3v) is 2.65. The summed E-state index contributed by atoms with van der Waals surface area (Å²) >= 11 is 0. The van der Waals surface area contributed by atoms with Crippen LogP contribution in [0.15, 0.2) is 24.3 Å². The number of alkyl halides is 3. The lowest BCUT2D eigenvalue weighted by Crippen LogP contribution is -2.35. The molecule has 3 nitrogen and oxygen atoms in total. The van der Waals surface area contributed by atoms with Crippen LogP contribution in [0.25, 0.3) is 0 Å². The van der Waals surface area contributed by atoms with Crippen molar-refractivity contribution < 1.29 is 18.0 Å². The lowest BCUT2D eigenvalue weighted by atomic mass is 9.87. The van der Waals surface area contributed by atoms with E-state index >= 15 is 0 Å². The minimum Gasteiger partial charge on any atom is -0.325 e. The van der Waals surface area contributed by atoms with Gasteiger partial charge in [-0.25, -0.2) is 0 Å². The van der Waals surface area contributed by atoms with Gasteiger partial charge in [-0.3, -0.25) is 4.79 Å². The predicted molar refractivity (Wildman–Crippen MR) is 72.7 cm³/mol. The van der Waals surface area contributed by atoms with Crippen molar-refractivity contribution in [2.24, 2.45) is 0 Å². The molecule has 112 valence electrons. The van der Waals surface area contributed by atoms with E-state index in [-0.39, 0.29) is 12.0 Å². The fourth-order valence-electron chi connectivity index (χ4n) is 1.58. The van der Waals surface area contributed by atoms with Gasteiger partial charge in [-0.05, 0) is 23.1 Å². The highest BCUT2D eigenvalue weighted by Gasteiger charge is 2.26. The average molecular weight is 288 g/mol. The van der Waals surface area contributed by atoms with E-state index in [0.717, 1.165) is 5.56 Å². The molecule has 2 N–H and O–H groups in total. The normalized spacial score (nSPS) is 12.3. The SMILES string of the molecule is CC(C)(C)c1ccc(NC(=O)CNCC(F)(F)F)cc1. The summed E-state index contributed by atoms with van der Waals surface area (Å²) in [6.45, 7) is 4.66. The summed E-state index contributed by atoms with van der Waals surface area (Å²) in [4.78, 5) is 11.4. The number of rotatable bonds is 4. The molecule has 0 aliphatic heterocycles. The summed E-state index contributed by atoms with van der Waals surface area (Å²) in [5.74, 6) is -0.502. The van der Waals surface area contributed by atoms with Gasteiger partial charge >= 0.3 is 6.18 Å². The van der Waals surface area contributed by atoms with E-state index in [0.29, 0.717) is 5.69 Å². The van der Waals surface area contributed by atoms with Gasteiger partial charge in [0, 0.05) is 5.69 Å². The molecule has 0 fully saturated rings. The van der Waals surface area contributed by atoms with E-state index < -0.39 is 18.6 Å². The lowest BCUT2D eigenvalue weighted by Gasteiger charge is -2.19. The van der Waals surface area contributed by atoms with Gasteiger partial charge in [0.15, 0.2) is 0 Å². The Morgan fingerprint density at radius 2 is 1.65 bits per heavy atom. The van der Waals surface area contributed by atoms with Crippen molar-refractivity contribution in [2.75, 3.05) is 18.4 Å². The molecule has 0 aliphatic rings. The van der Waals surface area contributed by atoms with E-state index in [1.54, 1.807) is 12.1 Å². The van der Waals surface area contributed by atoms with Crippen LogP contribution in [0.4, 0.5) is 18.9 Å². The van der Waals surface area contributed by atoms with Crippen LogP contribution < -0.4 is 10.6 Å². The molecule has 6 heteroatoms. The molecule has 1 aromatic carbocycles. The van der Waals surface area contributed by atoms with Gasteiger partial charge in [-0.1, -0.05) is 32.9 Å². The molecule has 1 rings (SSSR count). The first-order chi connectivity index (χ1) is 9.08. The van der Waals surface area contributed by atoms with Crippen molar-refractivity contribution in [3.8, 4) is 0 Å². The van der Waals surface area contributed by atoms with E-state index in [1.165, 1.54) is 0 Å². The zero-order chi connectivity index (χ0) is 15.4. The highest BCUT2D eigenvalue weighted by atomic mass is 19.4. The fraction of sp³-hybridized carbons (Fsp3) is 0.500. The summed E-state index contributed by atoms with van der Waals surface area (Å²) in [6, 6.07) is 7.25. The van der Waals surface area contributed by atoms with E-state index in [1.807, 2.05) is 17.4 Å². The Morgan fingerprint density at radius 1 is 1.10 bits per heavy atom. The molecule has 0 saturated heterocycles. The molecule has 0 spiro atoms. The highest BCUT2D eigenvalue weighted by molar-refractivity contribution is 5.92. The predicted octanol–water partition coefficient (Wildman–Crippen LogP) is 3.07. The zero-order valence-corrected chi connectivity index (χ0v) is 11.8. The molecular weight excluding hydrogens is 269 g/mol. The number of amides is 1. The van der Waals surface area contributed by atoms with Crippen LogP contribution in [-0.4, -0.2) is 25.2 Å². The minimum atomic E-state index is -4.31. The first-order valence-corrected chi connectivity index (χ1v) is 6.26. The third-order valence-electron chi connectivity index (χ3n) is 2.65. The number of carbonyl (C=O) groups excluding carboxylic acids is 1. The van der Waals surface area contributed by atoms with Crippen molar-refractivity contribution in [3.63, 3.8) is 0 Å². The van der Waals surface area contributed by atoms with Gasteiger partial charge in [0.25, 0.3) is 0 Å². The van der Waals surface area contributed by atoms with Crippen molar-refractivity contribution in [1.29, 1.82) is 0 Å². The molecule has 0 aliphatic carbocycles. The van der Waals surface area contributed by atoms with Crippen LogP contribution in [0.2, 0.25) is 0 Å². The van der Waals surface area contributed by atoms with Gasteiger partial charge in [-0.15, -0.1) is 0 Å². The molecule has 1 aromatic rings.